The van der Waals surface area contributed by atoms with E-state index in [1.54, 1.807) is 0 Å². The Morgan fingerprint density at radius 3 is 1.19 bits per heavy atom. The molecule has 2 aromatic carbocycles. The van der Waals surface area contributed by atoms with Crippen molar-refractivity contribution in [3.05, 3.63) is 71.8 Å². The number of unbranched alkanes of at least 4 members (excludes halogenated alkanes) is 2. The molecule has 4 nitrogen and oxygen atoms in total. The molecular weight excluding hydrogens is 440 g/mol. The van der Waals surface area contributed by atoms with E-state index in [1.165, 1.54) is 0 Å². The largest absolute Gasteiger partial charge is 0.336 e. The maximum atomic E-state index is 9.73. The van der Waals surface area contributed by atoms with Crippen molar-refractivity contribution in [1.29, 1.82) is 0 Å². The minimum absolute atomic E-state index is 0. The van der Waals surface area contributed by atoms with Crippen LogP contribution in [-0.2, 0) is 17.1 Å². The third kappa shape index (κ3) is 12.8. The van der Waals surface area contributed by atoms with Crippen molar-refractivity contribution in [2.24, 2.45) is 0 Å². The van der Waals surface area contributed by atoms with Crippen molar-refractivity contribution in [2.75, 3.05) is 0 Å². The predicted molar refractivity (Wildman–Crippen MR) is 127 cm³/mol. The van der Waals surface area contributed by atoms with Crippen molar-refractivity contribution in [2.45, 2.75) is 65.2 Å². The third-order valence-corrected chi connectivity index (χ3v) is 4.59. The van der Waals surface area contributed by atoms with Gasteiger partial charge in [0, 0.05) is 17.1 Å². The number of benzene rings is 2. The zero-order valence-corrected chi connectivity index (χ0v) is 19.5. The van der Waals surface area contributed by atoms with Gasteiger partial charge in [-0.1, -0.05) is 63.1 Å². The van der Waals surface area contributed by atoms with Crippen LogP contribution < -0.4 is 0 Å². The minimum Gasteiger partial charge on any atom is -0.283 e. The Morgan fingerprint density at radius 2 is 0.903 bits per heavy atom. The molecule has 0 atom stereocenters. The van der Waals surface area contributed by atoms with Crippen molar-refractivity contribution in [1.82, 2.24) is 0 Å². The fraction of sp³-hybridized carbons (Fsp3) is 0.385. The Morgan fingerprint density at radius 1 is 0.581 bits per heavy atom. The van der Waals surface area contributed by atoms with Gasteiger partial charge in [-0.3, -0.25) is 19.2 Å². The molecule has 0 amide bonds. The van der Waals surface area contributed by atoms with E-state index in [2.05, 4.69) is 13.8 Å². The molecule has 0 saturated heterocycles. The van der Waals surface area contributed by atoms with E-state index in [4.69, 9.17) is 0 Å². The molecule has 0 saturated carbocycles. The number of carbonyl (C=O) groups excluding carboxylic acids is 4. The second kappa shape index (κ2) is 17.3. The third-order valence-electron chi connectivity index (χ3n) is 4.59. The van der Waals surface area contributed by atoms with Gasteiger partial charge in [-0.05, 0) is 37.1 Å². The monoisotopic (exact) mass is 475 g/mol. The summed E-state index contributed by atoms with van der Waals surface area (Å²) >= 11 is 0. The summed E-state index contributed by atoms with van der Waals surface area (Å²) in [5.74, 6) is 1.20. The van der Waals surface area contributed by atoms with Crippen LogP contribution in [-0.4, -0.2) is 42.3 Å². The van der Waals surface area contributed by atoms with Gasteiger partial charge >= 0.3 is 23.1 Å². The first-order chi connectivity index (χ1) is 14.5. The molecule has 0 aliphatic carbocycles. The molecule has 0 aromatic heterocycles. The standard InChI is InChI=1S/2C13H16O2.Cu/c2*1-2-3-9-12(14)10-13(15)11-7-5-4-6-8-11;/h2*4-8H,2-3,9-10H2,1H3;/p+4. The topological polar surface area (TPSA) is 85.6 Å². The Kier molecular flexibility index (Phi) is 16.0. The molecule has 0 bridgehead atoms. The van der Waals surface area contributed by atoms with Gasteiger partial charge in [-0.2, -0.15) is 0 Å². The molecule has 0 aliphatic heterocycles. The van der Waals surface area contributed by atoms with E-state index in [0.717, 1.165) is 36.8 Å². The molecule has 0 unspecified atom stereocenters. The van der Waals surface area contributed by atoms with Crippen molar-refractivity contribution in [3.8, 4) is 0 Å². The summed E-state index contributed by atoms with van der Waals surface area (Å²) in [7, 11) is 0. The summed E-state index contributed by atoms with van der Waals surface area (Å²) < 4.78 is 0. The molecule has 2 rings (SSSR count). The molecule has 171 valence electrons. The molecule has 4 N–H and O–H groups in total. The molecule has 5 heteroatoms. The van der Waals surface area contributed by atoms with Crippen molar-refractivity contribution in [3.63, 3.8) is 0 Å². The van der Waals surface area contributed by atoms with Crippen molar-refractivity contribution >= 4 is 23.1 Å². The van der Waals surface area contributed by atoms with E-state index in [1.807, 2.05) is 60.7 Å². The Bertz CT molecular complexity index is 731. The SMILES string of the molecule is CCCCC(=[OH+])CC(=[OH+])c1ccccc1.CCCCC(=[OH+])CC(=[OH+])c1ccccc1.[Cu]. The first-order valence-corrected chi connectivity index (χ1v) is 10.8. The van der Waals surface area contributed by atoms with E-state index in [-0.39, 0.29) is 41.5 Å². The van der Waals surface area contributed by atoms with Crippen LogP contribution in [0.4, 0.5) is 0 Å². The van der Waals surface area contributed by atoms with Gasteiger partial charge in [-0.25, -0.2) is 0 Å². The number of ketones is 4. The van der Waals surface area contributed by atoms with Gasteiger partial charge < -0.3 is 0 Å². The van der Waals surface area contributed by atoms with Crippen LogP contribution in [0.2, 0.25) is 0 Å². The van der Waals surface area contributed by atoms with Gasteiger partial charge in [0.15, 0.2) is 12.8 Å². The van der Waals surface area contributed by atoms with Crippen LogP contribution in [0.25, 0.3) is 0 Å². The van der Waals surface area contributed by atoms with Gasteiger partial charge in [-0.15, -0.1) is 0 Å². The van der Waals surface area contributed by atoms with Crippen LogP contribution >= 0.6 is 0 Å². The summed E-state index contributed by atoms with van der Waals surface area (Å²) in [6.45, 7) is 4.15. The van der Waals surface area contributed by atoms with Crippen LogP contribution in [0.15, 0.2) is 60.7 Å². The molecule has 0 heterocycles. The van der Waals surface area contributed by atoms with Gasteiger partial charge in [0.2, 0.25) is 0 Å². The summed E-state index contributed by atoms with van der Waals surface area (Å²) in [5.41, 5.74) is 1.56. The zero-order chi connectivity index (χ0) is 22.2. The summed E-state index contributed by atoms with van der Waals surface area (Å²) in [6, 6.07) is 18.6. The first-order valence-electron chi connectivity index (χ1n) is 10.8. The Hall–Kier alpha value is -2.36. The summed E-state index contributed by atoms with van der Waals surface area (Å²) in [5, 5.41) is 0. The van der Waals surface area contributed by atoms with Crippen LogP contribution in [0.1, 0.15) is 76.3 Å². The summed E-state index contributed by atoms with van der Waals surface area (Å²) in [4.78, 5) is 38.5. The molecule has 0 fully saturated rings. The van der Waals surface area contributed by atoms with E-state index >= 15 is 0 Å². The van der Waals surface area contributed by atoms with E-state index in [9.17, 15) is 19.2 Å². The maximum absolute atomic E-state index is 9.73. The van der Waals surface area contributed by atoms with Crippen molar-refractivity contribution < 1.29 is 36.2 Å². The molecule has 2 aromatic rings. The smallest absolute Gasteiger partial charge is 0.283 e. The minimum atomic E-state index is 0. The second-order valence-corrected chi connectivity index (χ2v) is 7.32. The van der Waals surface area contributed by atoms with Gasteiger partial charge in [0.05, 0.1) is 24.0 Å². The zero-order valence-electron chi connectivity index (χ0n) is 18.5. The normalized spacial score (nSPS) is 9.61. The van der Waals surface area contributed by atoms with Crippen LogP contribution in [0.3, 0.4) is 0 Å². The van der Waals surface area contributed by atoms with Gasteiger partial charge in [0.25, 0.3) is 0 Å². The van der Waals surface area contributed by atoms with E-state index in [0.29, 0.717) is 24.4 Å². The molecule has 0 spiro atoms. The summed E-state index contributed by atoms with van der Waals surface area (Å²) in [6.07, 6.45) is 5.92. The molecule has 31 heavy (non-hydrogen) atoms. The fourth-order valence-electron chi connectivity index (χ4n) is 2.79. The predicted octanol–water partition coefficient (Wildman–Crippen LogP) is 5.41. The number of rotatable bonds is 12. The molecular formula is C26H36CuO4+4. The van der Waals surface area contributed by atoms with Gasteiger partial charge in [0.1, 0.15) is 0 Å². The average Bonchev–Trinajstić information content (AvgIpc) is 2.77. The molecule has 0 aliphatic rings. The first kappa shape index (κ1) is 28.6. The maximum Gasteiger partial charge on any atom is 0.336 e. The van der Waals surface area contributed by atoms with E-state index < -0.39 is 0 Å². The Labute approximate surface area is 196 Å². The molecule has 1 radical (unpaired) electrons. The van der Waals surface area contributed by atoms with Crippen LogP contribution in [0, 0.1) is 0 Å². The van der Waals surface area contributed by atoms with Crippen LogP contribution in [0.5, 0.6) is 0 Å². The quantitative estimate of drug-likeness (QED) is 0.170. The Balaban J connectivity index is 0.000000562. The fourth-order valence-corrected chi connectivity index (χ4v) is 2.79. The number of hydrogen-bond acceptors (Lipinski definition) is 0. The average molecular weight is 476 g/mol. The number of hydrogen-bond donors (Lipinski definition) is 0. The second-order valence-electron chi connectivity index (χ2n) is 7.32.